The molecule has 4 rings (SSSR count). The summed E-state index contributed by atoms with van der Waals surface area (Å²) < 4.78 is 32.1. The maximum Gasteiger partial charge on any atom is 0.267 e. The van der Waals surface area contributed by atoms with Gasteiger partial charge in [0.15, 0.2) is 0 Å². The number of aromatic nitrogens is 1. The number of pyridine rings is 1. The van der Waals surface area contributed by atoms with Crippen molar-refractivity contribution in [1.82, 2.24) is 9.29 Å². The van der Waals surface area contributed by atoms with Crippen LogP contribution in [0.5, 0.6) is 0 Å². The summed E-state index contributed by atoms with van der Waals surface area (Å²) in [6, 6.07) is 3.43. The molecule has 4 heterocycles. The van der Waals surface area contributed by atoms with Crippen molar-refractivity contribution >= 4 is 44.6 Å². The van der Waals surface area contributed by atoms with Crippen molar-refractivity contribution in [2.24, 2.45) is 10.7 Å². The van der Waals surface area contributed by atoms with E-state index in [0.29, 0.717) is 22.0 Å². The van der Waals surface area contributed by atoms with E-state index >= 15 is 0 Å². The normalized spacial score (nSPS) is 26.3. The minimum atomic E-state index is -3.83. The molecule has 0 aliphatic carbocycles. The Morgan fingerprint density at radius 2 is 2.26 bits per heavy atom. The van der Waals surface area contributed by atoms with Crippen LogP contribution in [-0.2, 0) is 20.3 Å². The first kappa shape index (κ1) is 18.2. The first-order valence-corrected chi connectivity index (χ1v) is 10.6. The van der Waals surface area contributed by atoms with Crippen LogP contribution in [0.15, 0.2) is 29.5 Å². The predicted molar refractivity (Wildman–Crippen MR) is 103 cm³/mol. The van der Waals surface area contributed by atoms with Gasteiger partial charge in [-0.15, -0.1) is 11.3 Å². The monoisotopic (exact) mass is 423 g/mol. The van der Waals surface area contributed by atoms with Crippen LogP contribution in [0.4, 0.5) is 5.69 Å². The highest BCUT2D eigenvalue weighted by Crippen LogP contribution is 2.51. The summed E-state index contributed by atoms with van der Waals surface area (Å²) in [5, 5.41) is 0.384. The smallest absolute Gasteiger partial charge is 0.267 e. The summed E-state index contributed by atoms with van der Waals surface area (Å²) >= 11 is 7.80. The quantitative estimate of drug-likeness (QED) is 0.748. The van der Waals surface area contributed by atoms with Crippen LogP contribution >= 0.6 is 22.9 Å². The van der Waals surface area contributed by atoms with Gasteiger partial charge in [-0.3, -0.25) is 4.98 Å². The Morgan fingerprint density at radius 3 is 3.00 bits per heavy atom. The number of sulfonamides is 1. The summed E-state index contributed by atoms with van der Waals surface area (Å²) in [7, 11) is -2.48. The molecule has 0 amide bonds. The molecule has 1 unspecified atom stereocenters. The summed E-state index contributed by atoms with van der Waals surface area (Å²) in [4.78, 5) is 13.3. The standard InChI is InChI=1S/C16H14ClN5O3S2/c1-19-10-5-9(7-20-8-10)12-6-11(17)13(26-12)16-3-4-25-14(16)27(23,24)22(2)15(18)21-16/h5-8,14H,3-4H2,2H3,(H2,18,21)/t14?,16-/m1/s1. The third-order valence-electron chi connectivity index (χ3n) is 4.65. The fraction of sp³-hybridized carbons (Fsp3) is 0.312. The van der Waals surface area contributed by atoms with Crippen molar-refractivity contribution in [3.05, 3.63) is 45.8 Å². The van der Waals surface area contributed by atoms with E-state index in [4.69, 9.17) is 28.6 Å². The van der Waals surface area contributed by atoms with Gasteiger partial charge in [-0.05, 0) is 17.7 Å². The molecule has 2 N–H and O–H groups in total. The van der Waals surface area contributed by atoms with Gasteiger partial charge in [0, 0.05) is 30.7 Å². The molecule has 0 aromatic carbocycles. The van der Waals surface area contributed by atoms with Crippen LogP contribution < -0.4 is 5.73 Å². The Balaban J connectivity index is 1.89. The van der Waals surface area contributed by atoms with Gasteiger partial charge in [-0.2, -0.15) is 0 Å². The number of fused-ring (bicyclic) bond motifs is 1. The van der Waals surface area contributed by atoms with Crippen molar-refractivity contribution in [3.63, 3.8) is 0 Å². The van der Waals surface area contributed by atoms with Crippen molar-refractivity contribution < 1.29 is 13.2 Å². The van der Waals surface area contributed by atoms with Crippen LogP contribution in [-0.4, -0.2) is 42.8 Å². The van der Waals surface area contributed by atoms with Crippen molar-refractivity contribution in [1.29, 1.82) is 0 Å². The fourth-order valence-corrected chi connectivity index (χ4v) is 6.65. The molecule has 11 heteroatoms. The molecule has 2 aliphatic rings. The van der Waals surface area contributed by atoms with Gasteiger partial charge in [0.25, 0.3) is 10.0 Å². The minimum absolute atomic E-state index is 0.0977. The largest absolute Gasteiger partial charge is 0.369 e. The first-order chi connectivity index (χ1) is 12.8. The van der Waals surface area contributed by atoms with Gasteiger partial charge in [-0.25, -0.2) is 22.6 Å². The Kier molecular flexibility index (Phi) is 4.16. The zero-order valence-corrected chi connectivity index (χ0v) is 16.5. The van der Waals surface area contributed by atoms with E-state index < -0.39 is 21.0 Å². The highest BCUT2D eigenvalue weighted by atomic mass is 35.5. The number of hydrogen-bond acceptors (Lipinski definition) is 7. The lowest BCUT2D eigenvalue weighted by atomic mass is 9.97. The Labute approximate surface area is 165 Å². The van der Waals surface area contributed by atoms with Crippen LogP contribution in [0.2, 0.25) is 5.02 Å². The van der Waals surface area contributed by atoms with Gasteiger partial charge >= 0.3 is 0 Å². The van der Waals surface area contributed by atoms with Crippen molar-refractivity contribution in [2.75, 3.05) is 13.7 Å². The van der Waals surface area contributed by atoms with E-state index in [1.54, 1.807) is 18.3 Å². The van der Waals surface area contributed by atoms with E-state index in [9.17, 15) is 8.42 Å². The van der Waals surface area contributed by atoms with E-state index in [0.717, 1.165) is 14.7 Å². The zero-order valence-electron chi connectivity index (χ0n) is 14.1. The molecular weight excluding hydrogens is 410 g/mol. The third kappa shape index (κ3) is 2.62. The number of rotatable bonds is 2. The lowest BCUT2D eigenvalue weighted by Crippen LogP contribution is -2.55. The number of guanidine groups is 1. The summed E-state index contributed by atoms with van der Waals surface area (Å²) in [6.45, 7) is 7.36. The van der Waals surface area contributed by atoms with Gasteiger partial charge in [0.1, 0.15) is 5.54 Å². The highest BCUT2D eigenvalue weighted by molar-refractivity contribution is 7.90. The molecule has 27 heavy (non-hydrogen) atoms. The molecule has 2 aromatic heterocycles. The molecule has 0 radical (unpaired) electrons. The number of nitrogens with two attached hydrogens (primary N) is 1. The zero-order chi connectivity index (χ0) is 19.4. The summed E-state index contributed by atoms with van der Waals surface area (Å²) in [5.74, 6) is -0.0977. The number of ether oxygens (including phenoxy) is 1. The second-order valence-corrected chi connectivity index (χ2v) is 9.66. The number of halogens is 1. The van der Waals surface area contributed by atoms with Crippen LogP contribution in [0.1, 0.15) is 11.3 Å². The molecule has 2 aliphatic heterocycles. The van der Waals surface area contributed by atoms with Crippen LogP contribution in [0, 0.1) is 6.57 Å². The van der Waals surface area contributed by atoms with Gasteiger partial charge in [-0.1, -0.05) is 11.6 Å². The van der Waals surface area contributed by atoms with Crippen LogP contribution in [0.3, 0.4) is 0 Å². The molecule has 2 aromatic rings. The Bertz CT molecular complexity index is 1110. The second-order valence-electron chi connectivity index (χ2n) is 6.19. The average molecular weight is 424 g/mol. The Morgan fingerprint density at radius 1 is 1.48 bits per heavy atom. The summed E-state index contributed by atoms with van der Waals surface area (Å²) in [6.07, 6.45) is 3.45. The molecule has 0 bridgehead atoms. The molecule has 1 saturated heterocycles. The number of aliphatic imine (C=N–C) groups is 1. The maximum atomic E-state index is 12.8. The molecule has 1 fully saturated rings. The number of hydrogen-bond donors (Lipinski definition) is 1. The molecule has 0 spiro atoms. The maximum absolute atomic E-state index is 12.8. The van der Waals surface area contributed by atoms with Gasteiger partial charge in [0.05, 0.1) is 23.1 Å². The molecule has 0 saturated carbocycles. The molecule has 8 nitrogen and oxygen atoms in total. The van der Waals surface area contributed by atoms with Crippen LogP contribution in [0.25, 0.3) is 15.3 Å². The highest BCUT2D eigenvalue weighted by Gasteiger charge is 2.58. The van der Waals surface area contributed by atoms with Gasteiger partial charge < -0.3 is 10.5 Å². The lowest BCUT2D eigenvalue weighted by molar-refractivity contribution is 0.135. The summed E-state index contributed by atoms with van der Waals surface area (Å²) in [5.41, 5.74) is 4.66. The van der Waals surface area contributed by atoms with E-state index in [-0.39, 0.29) is 12.6 Å². The van der Waals surface area contributed by atoms with E-state index in [1.165, 1.54) is 24.6 Å². The minimum Gasteiger partial charge on any atom is -0.369 e. The van der Waals surface area contributed by atoms with Crippen molar-refractivity contribution in [3.8, 4) is 10.4 Å². The fourth-order valence-electron chi connectivity index (χ4n) is 3.27. The molecule has 140 valence electrons. The molecular formula is C16H14ClN5O3S2. The topological polar surface area (TPSA) is 102 Å². The predicted octanol–water partition coefficient (Wildman–Crippen LogP) is 2.55. The Hall–Kier alpha value is -2.19. The second kappa shape index (κ2) is 6.17. The lowest BCUT2D eigenvalue weighted by Gasteiger charge is -2.37. The average Bonchev–Trinajstić information content (AvgIpc) is 3.25. The van der Waals surface area contributed by atoms with E-state index in [1.807, 2.05) is 0 Å². The van der Waals surface area contributed by atoms with Crippen molar-refractivity contribution in [2.45, 2.75) is 17.4 Å². The first-order valence-electron chi connectivity index (χ1n) is 7.87. The SMILES string of the molecule is [C-]#[N+]c1cncc(-c2cc(Cl)c([C@]34CCOC3S(=O)(=O)N(C)C(N)=N4)s2)c1. The van der Waals surface area contributed by atoms with E-state index in [2.05, 4.69) is 14.8 Å². The third-order valence-corrected chi connectivity index (χ3v) is 8.43. The van der Waals surface area contributed by atoms with Gasteiger partial charge in [0.2, 0.25) is 17.1 Å². The molecule has 2 atom stereocenters. The number of nitrogens with zero attached hydrogens (tertiary/aromatic N) is 4. The number of thiophene rings is 1.